The van der Waals surface area contributed by atoms with Crippen molar-refractivity contribution in [3.63, 3.8) is 0 Å². The summed E-state index contributed by atoms with van der Waals surface area (Å²) >= 11 is 0. The third kappa shape index (κ3) is 2.98. The Balaban J connectivity index is 1.60. The largest absolute Gasteiger partial charge is 0.274 e. The van der Waals surface area contributed by atoms with Crippen molar-refractivity contribution < 1.29 is 9.59 Å². The van der Waals surface area contributed by atoms with Crippen LogP contribution in [0.5, 0.6) is 0 Å². The molecule has 1 saturated carbocycles. The molecule has 2 amide bonds. The smallest absolute Gasteiger partial charge is 0.238 e. The average molecular weight is 381 g/mol. The van der Waals surface area contributed by atoms with Crippen molar-refractivity contribution in [2.75, 3.05) is 4.90 Å². The van der Waals surface area contributed by atoms with Crippen molar-refractivity contribution in [2.24, 2.45) is 11.8 Å². The lowest BCUT2D eigenvalue weighted by atomic mass is 9.64. The molecule has 1 saturated heterocycles. The lowest BCUT2D eigenvalue weighted by molar-refractivity contribution is -0.122. The summed E-state index contributed by atoms with van der Waals surface area (Å²) < 4.78 is 0. The van der Waals surface area contributed by atoms with Gasteiger partial charge in [0.2, 0.25) is 11.8 Å². The van der Waals surface area contributed by atoms with Gasteiger partial charge in [0.15, 0.2) is 0 Å². The van der Waals surface area contributed by atoms with E-state index in [9.17, 15) is 9.59 Å². The molecular formula is C26H23NO2. The minimum atomic E-state index is -0.316. The van der Waals surface area contributed by atoms with Gasteiger partial charge in [-0.15, -0.1) is 0 Å². The van der Waals surface area contributed by atoms with Crippen LogP contribution in [0, 0.1) is 11.8 Å². The molecule has 0 unspecified atom stereocenters. The fourth-order valence-corrected chi connectivity index (χ4v) is 5.26. The minimum absolute atomic E-state index is 0.0549. The third-order valence-electron chi connectivity index (χ3n) is 6.52. The number of carbonyl (C=O) groups is 2. The summed E-state index contributed by atoms with van der Waals surface area (Å²) in [4.78, 5) is 28.7. The number of anilines is 1. The van der Waals surface area contributed by atoms with Crippen LogP contribution in [0.3, 0.4) is 0 Å². The van der Waals surface area contributed by atoms with E-state index in [1.807, 2.05) is 66.7 Å². The molecule has 2 fully saturated rings. The summed E-state index contributed by atoms with van der Waals surface area (Å²) in [5.74, 6) is -0.591. The van der Waals surface area contributed by atoms with E-state index in [1.165, 1.54) is 4.90 Å². The van der Waals surface area contributed by atoms with Gasteiger partial charge in [0.25, 0.3) is 0 Å². The van der Waals surface area contributed by atoms with Crippen LogP contribution in [0.15, 0.2) is 91.0 Å². The Morgan fingerprint density at radius 1 is 0.552 bits per heavy atom. The Kier molecular flexibility index (Phi) is 4.51. The fraction of sp³-hybridized carbons (Fsp3) is 0.231. The zero-order valence-electron chi connectivity index (χ0n) is 16.1. The number of rotatable bonds is 3. The van der Waals surface area contributed by atoms with Crippen LogP contribution in [0.2, 0.25) is 0 Å². The van der Waals surface area contributed by atoms with E-state index in [1.54, 1.807) is 0 Å². The van der Waals surface area contributed by atoms with Crippen LogP contribution in [0.25, 0.3) is 0 Å². The number of fused-ring (bicyclic) bond motifs is 1. The second-order valence-electron chi connectivity index (χ2n) is 8.01. The molecule has 0 bridgehead atoms. The van der Waals surface area contributed by atoms with Crippen molar-refractivity contribution >= 4 is 17.5 Å². The van der Waals surface area contributed by atoms with E-state index in [-0.39, 0.29) is 35.5 Å². The van der Waals surface area contributed by atoms with E-state index in [0.29, 0.717) is 5.69 Å². The Labute approximate surface area is 171 Å². The normalized spacial score (nSPS) is 26.4. The van der Waals surface area contributed by atoms with Gasteiger partial charge in [-0.1, -0.05) is 78.9 Å². The van der Waals surface area contributed by atoms with Crippen molar-refractivity contribution in [1.82, 2.24) is 0 Å². The Morgan fingerprint density at radius 2 is 0.931 bits per heavy atom. The lowest BCUT2D eigenvalue weighted by Gasteiger charge is -2.37. The van der Waals surface area contributed by atoms with Crippen LogP contribution in [-0.2, 0) is 9.59 Å². The Hall–Kier alpha value is -3.20. The van der Waals surface area contributed by atoms with Gasteiger partial charge >= 0.3 is 0 Å². The monoisotopic (exact) mass is 381 g/mol. The van der Waals surface area contributed by atoms with Crippen molar-refractivity contribution in [3.8, 4) is 0 Å². The summed E-state index contributed by atoms with van der Waals surface area (Å²) in [6.45, 7) is 0. The number of carbonyl (C=O) groups excluding carboxylic acids is 2. The van der Waals surface area contributed by atoms with E-state index in [4.69, 9.17) is 0 Å². The molecule has 0 radical (unpaired) electrons. The van der Waals surface area contributed by atoms with Gasteiger partial charge < -0.3 is 0 Å². The van der Waals surface area contributed by atoms with Gasteiger partial charge in [-0.2, -0.15) is 0 Å². The molecule has 5 rings (SSSR count). The highest BCUT2D eigenvalue weighted by Gasteiger charge is 2.56. The summed E-state index contributed by atoms with van der Waals surface area (Å²) in [6.07, 6.45) is 1.82. The predicted octanol–water partition coefficient (Wildman–Crippen LogP) is 5.15. The molecule has 3 aromatic rings. The second kappa shape index (κ2) is 7.32. The number of hydrogen-bond acceptors (Lipinski definition) is 2. The molecule has 0 aromatic heterocycles. The molecule has 144 valence electrons. The SMILES string of the molecule is O=C1[C@H]2[C@H](C(=O)N1c1ccccc1)[C@H](c1ccccc1)CC[C@@H]2c1ccccc1. The molecule has 2 aliphatic rings. The maximum atomic E-state index is 13.6. The van der Waals surface area contributed by atoms with Gasteiger partial charge in [-0.05, 0) is 47.9 Å². The quantitative estimate of drug-likeness (QED) is 0.588. The summed E-state index contributed by atoms with van der Waals surface area (Å²) in [5, 5.41) is 0. The van der Waals surface area contributed by atoms with Gasteiger partial charge in [-0.25, -0.2) is 0 Å². The summed E-state index contributed by atoms with van der Waals surface area (Å²) in [7, 11) is 0. The molecule has 0 spiro atoms. The molecule has 3 aromatic carbocycles. The van der Waals surface area contributed by atoms with Gasteiger partial charge in [0.05, 0.1) is 17.5 Å². The van der Waals surface area contributed by atoms with Crippen LogP contribution in [0.4, 0.5) is 5.69 Å². The molecular weight excluding hydrogens is 358 g/mol. The van der Waals surface area contributed by atoms with Gasteiger partial charge in [0, 0.05) is 0 Å². The first-order chi connectivity index (χ1) is 14.3. The minimum Gasteiger partial charge on any atom is -0.274 e. The Bertz CT molecular complexity index is 951. The highest BCUT2D eigenvalue weighted by Crippen LogP contribution is 2.53. The van der Waals surface area contributed by atoms with Crippen LogP contribution >= 0.6 is 0 Å². The van der Waals surface area contributed by atoms with Crippen LogP contribution < -0.4 is 4.90 Å². The molecule has 3 heteroatoms. The zero-order valence-corrected chi connectivity index (χ0v) is 16.1. The second-order valence-corrected chi connectivity index (χ2v) is 8.01. The van der Waals surface area contributed by atoms with E-state index >= 15 is 0 Å². The molecule has 1 aliphatic heterocycles. The maximum Gasteiger partial charge on any atom is 0.238 e. The van der Waals surface area contributed by atoms with E-state index in [2.05, 4.69) is 24.3 Å². The van der Waals surface area contributed by atoms with Crippen molar-refractivity contribution in [1.29, 1.82) is 0 Å². The summed E-state index contributed by atoms with van der Waals surface area (Å²) in [5.41, 5.74) is 2.99. The molecule has 0 N–H and O–H groups in total. The lowest BCUT2D eigenvalue weighted by Crippen LogP contribution is -2.34. The molecule has 29 heavy (non-hydrogen) atoms. The number of amides is 2. The number of para-hydroxylation sites is 1. The maximum absolute atomic E-state index is 13.6. The standard InChI is InChI=1S/C26H23NO2/c28-25-23-21(18-10-4-1-5-11-18)16-17-22(19-12-6-2-7-13-19)24(23)26(29)27(25)20-14-8-3-9-15-20/h1-15,21-24H,16-17H2/t21-,22+,23-,24-/m1/s1. The highest BCUT2D eigenvalue weighted by atomic mass is 16.2. The first kappa shape index (κ1) is 17.9. The average Bonchev–Trinajstić information content (AvgIpc) is 3.06. The zero-order chi connectivity index (χ0) is 19.8. The Morgan fingerprint density at radius 3 is 1.34 bits per heavy atom. The van der Waals surface area contributed by atoms with Gasteiger partial charge in [0.1, 0.15) is 0 Å². The number of benzene rings is 3. The van der Waals surface area contributed by atoms with E-state index in [0.717, 1.165) is 24.0 Å². The predicted molar refractivity (Wildman–Crippen MR) is 114 cm³/mol. The highest BCUT2D eigenvalue weighted by molar-refractivity contribution is 6.22. The van der Waals surface area contributed by atoms with Gasteiger partial charge in [-0.3, -0.25) is 14.5 Å². The van der Waals surface area contributed by atoms with Crippen molar-refractivity contribution in [2.45, 2.75) is 24.7 Å². The number of nitrogens with zero attached hydrogens (tertiary/aromatic N) is 1. The summed E-state index contributed by atoms with van der Waals surface area (Å²) in [6, 6.07) is 29.8. The fourth-order valence-electron chi connectivity index (χ4n) is 5.26. The molecule has 3 nitrogen and oxygen atoms in total. The van der Waals surface area contributed by atoms with Crippen LogP contribution in [0.1, 0.15) is 35.8 Å². The van der Waals surface area contributed by atoms with E-state index < -0.39 is 0 Å². The first-order valence-electron chi connectivity index (χ1n) is 10.3. The molecule has 1 aliphatic carbocycles. The molecule has 4 atom stereocenters. The van der Waals surface area contributed by atoms with Crippen molar-refractivity contribution in [3.05, 3.63) is 102 Å². The van der Waals surface area contributed by atoms with Crippen LogP contribution in [-0.4, -0.2) is 11.8 Å². The molecule has 1 heterocycles. The first-order valence-corrected chi connectivity index (χ1v) is 10.3. The third-order valence-corrected chi connectivity index (χ3v) is 6.52. The topological polar surface area (TPSA) is 37.4 Å². The number of imide groups is 1. The number of hydrogen-bond donors (Lipinski definition) is 0.